The van der Waals surface area contributed by atoms with Crippen molar-refractivity contribution in [2.45, 2.75) is 84.0 Å². The normalized spacial score (nSPS) is 27.2. The number of carbonyl (C=O) groups is 2. The lowest BCUT2D eigenvalue weighted by atomic mass is 9.67. The van der Waals surface area contributed by atoms with Gasteiger partial charge in [0.15, 0.2) is 0 Å². The molecule has 7 unspecified atom stereocenters. The summed E-state index contributed by atoms with van der Waals surface area (Å²) >= 11 is 0. The van der Waals surface area contributed by atoms with Gasteiger partial charge in [0.2, 0.25) is 0 Å². The SMILES string of the molecule is CCC(C)C(=O)O.COC(CCC1C(C)C=CC2=CC(O)CCC21)CC(CC(=O)O)OC. The van der Waals surface area contributed by atoms with Gasteiger partial charge in [-0.05, 0) is 55.4 Å². The fraction of sp³-hybridized carbons (Fsp3) is 0.760. The molecule has 0 amide bonds. The first-order chi connectivity index (χ1) is 15.1. The highest BCUT2D eigenvalue weighted by molar-refractivity contribution is 5.69. The Kier molecular flexibility index (Phi) is 12.8. The quantitative estimate of drug-likeness (QED) is 0.426. The number of allylic oxidation sites excluding steroid dienone is 3. The predicted molar refractivity (Wildman–Crippen MR) is 123 cm³/mol. The number of carboxylic acids is 2. The fourth-order valence-corrected chi connectivity index (χ4v) is 4.46. The van der Waals surface area contributed by atoms with Crippen molar-refractivity contribution in [1.29, 1.82) is 0 Å². The zero-order chi connectivity index (χ0) is 24.3. The third-order valence-electron chi connectivity index (χ3n) is 6.82. The van der Waals surface area contributed by atoms with Crippen molar-refractivity contribution in [1.82, 2.24) is 0 Å². The lowest BCUT2D eigenvalue weighted by Gasteiger charge is -2.38. The Bertz CT molecular complexity index is 642. The highest BCUT2D eigenvalue weighted by Gasteiger charge is 2.34. The van der Waals surface area contributed by atoms with Gasteiger partial charge in [0.1, 0.15) is 0 Å². The maximum atomic E-state index is 10.9. The van der Waals surface area contributed by atoms with Crippen LogP contribution in [0.25, 0.3) is 0 Å². The van der Waals surface area contributed by atoms with Crippen LogP contribution in [0.15, 0.2) is 23.8 Å². The topological polar surface area (TPSA) is 113 Å². The number of rotatable bonds is 11. The fourth-order valence-electron chi connectivity index (χ4n) is 4.46. The van der Waals surface area contributed by atoms with Crippen LogP contribution in [-0.4, -0.2) is 59.8 Å². The molecule has 0 aromatic heterocycles. The van der Waals surface area contributed by atoms with E-state index in [-0.39, 0.29) is 30.7 Å². The first kappa shape index (κ1) is 28.3. The summed E-state index contributed by atoms with van der Waals surface area (Å²) in [6.45, 7) is 5.81. The van der Waals surface area contributed by atoms with Gasteiger partial charge in [-0.15, -0.1) is 0 Å². The van der Waals surface area contributed by atoms with Crippen molar-refractivity contribution in [2.75, 3.05) is 14.2 Å². The second kappa shape index (κ2) is 14.4. The van der Waals surface area contributed by atoms with Crippen LogP contribution in [0.4, 0.5) is 0 Å². The summed E-state index contributed by atoms with van der Waals surface area (Å²) in [5.41, 5.74) is 1.27. The second-order valence-electron chi connectivity index (χ2n) is 9.07. The molecule has 0 bridgehead atoms. The van der Waals surface area contributed by atoms with E-state index in [2.05, 4.69) is 19.1 Å². The Morgan fingerprint density at radius 3 is 2.31 bits per heavy atom. The van der Waals surface area contributed by atoms with E-state index in [0.717, 1.165) is 32.1 Å². The number of fused-ring (bicyclic) bond motifs is 1. The molecule has 0 spiro atoms. The van der Waals surface area contributed by atoms with Gasteiger partial charge in [0.25, 0.3) is 0 Å². The van der Waals surface area contributed by atoms with Crippen molar-refractivity contribution in [3.63, 3.8) is 0 Å². The van der Waals surface area contributed by atoms with Crippen molar-refractivity contribution < 1.29 is 34.4 Å². The van der Waals surface area contributed by atoms with Crippen LogP contribution < -0.4 is 0 Å². The van der Waals surface area contributed by atoms with Crippen LogP contribution in [0.1, 0.15) is 65.7 Å². The number of aliphatic hydroxyl groups is 1. The molecule has 0 aliphatic heterocycles. The van der Waals surface area contributed by atoms with Crippen LogP contribution in [0.2, 0.25) is 0 Å². The Labute approximate surface area is 192 Å². The van der Waals surface area contributed by atoms with E-state index in [0.29, 0.717) is 24.2 Å². The number of carboxylic acid groups (broad SMARTS) is 2. The molecule has 0 aromatic rings. The smallest absolute Gasteiger partial charge is 0.306 e. The molecular weight excluding hydrogens is 412 g/mol. The first-order valence-corrected chi connectivity index (χ1v) is 11.7. The van der Waals surface area contributed by atoms with Gasteiger partial charge in [0, 0.05) is 20.6 Å². The predicted octanol–water partition coefficient (Wildman–Crippen LogP) is 4.30. The number of methoxy groups -OCH3 is 2. The largest absolute Gasteiger partial charge is 0.481 e. The zero-order valence-electron chi connectivity index (χ0n) is 20.2. The summed E-state index contributed by atoms with van der Waals surface area (Å²) < 4.78 is 10.9. The van der Waals surface area contributed by atoms with Crippen molar-refractivity contribution in [3.8, 4) is 0 Å². The molecule has 0 saturated heterocycles. The standard InChI is InChI=1S/C20H32O5.C5H10O2/c1-13-4-5-14-10-15(21)6-8-19(14)18(13)9-7-16(24-2)11-17(25-3)12-20(22)23;1-3-4(2)5(6)7/h4-5,10,13,15-19,21H,6-9,11-12H2,1-3H3,(H,22,23);4H,3H2,1-2H3,(H,6,7). The maximum absolute atomic E-state index is 10.9. The monoisotopic (exact) mass is 454 g/mol. The Balaban J connectivity index is 0.000000633. The molecule has 32 heavy (non-hydrogen) atoms. The molecule has 3 N–H and O–H groups in total. The minimum atomic E-state index is -0.844. The Hall–Kier alpha value is -1.70. The molecule has 2 aliphatic carbocycles. The highest BCUT2D eigenvalue weighted by Crippen LogP contribution is 2.42. The van der Waals surface area contributed by atoms with Crippen molar-refractivity contribution in [2.24, 2.45) is 23.7 Å². The van der Waals surface area contributed by atoms with Crippen molar-refractivity contribution in [3.05, 3.63) is 23.8 Å². The number of aliphatic hydroxyl groups excluding tert-OH is 1. The molecule has 2 rings (SSSR count). The third-order valence-corrected chi connectivity index (χ3v) is 6.82. The number of hydrogen-bond donors (Lipinski definition) is 3. The summed E-state index contributed by atoms with van der Waals surface area (Å²) in [6.07, 6.45) is 10.9. The molecule has 2 aliphatic rings. The van der Waals surface area contributed by atoms with Gasteiger partial charge in [-0.1, -0.05) is 39.0 Å². The molecule has 0 heterocycles. The third kappa shape index (κ3) is 9.43. The van der Waals surface area contributed by atoms with E-state index in [1.54, 1.807) is 21.1 Å². The minimum absolute atomic E-state index is 0.00372. The van der Waals surface area contributed by atoms with Gasteiger partial charge in [-0.25, -0.2) is 0 Å². The summed E-state index contributed by atoms with van der Waals surface area (Å²) in [7, 11) is 3.24. The number of aliphatic carboxylic acids is 2. The summed E-state index contributed by atoms with van der Waals surface area (Å²) in [6, 6.07) is 0. The van der Waals surface area contributed by atoms with Crippen LogP contribution in [0.3, 0.4) is 0 Å². The molecule has 0 aromatic carbocycles. The van der Waals surface area contributed by atoms with E-state index in [9.17, 15) is 14.7 Å². The molecule has 0 fully saturated rings. The van der Waals surface area contributed by atoms with E-state index in [1.165, 1.54) is 5.57 Å². The van der Waals surface area contributed by atoms with E-state index in [4.69, 9.17) is 19.7 Å². The van der Waals surface area contributed by atoms with Crippen LogP contribution in [-0.2, 0) is 19.1 Å². The lowest BCUT2D eigenvalue weighted by Crippen LogP contribution is -2.31. The van der Waals surface area contributed by atoms with Crippen LogP contribution in [0.5, 0.6) is 0 Å². The lowest BCUT2D eigenvalue weighted by molar-refractivity contribution is -0.141. The molecule has 7 nitrogen and oxygen atoms in total. The Morgan fingerprint density at radius 1 is 1.16 bits per heavy atom. The molecule has 7 heteroatoms. The first-order valence-electron chi connectivity index (χ1n) is 11.7. The van der Waals surface area contributed by atoms with E-state index in [1.807, 2.05) is 13.0 Å². The van der Waals surface area contributed by atoms with Gasteiger partial charge >= 0.3 is 11.9 Å². The number of ether oxygens (including phenoxy) is 2. The average Bonchev–Trinajstić information content (AvgIpc) is 2.76. The van der Waals surface area contributed by atoms with Crippen LogP contribution >= 0.6 is 0 Å². The molecule has 0 saturated carbocycles. The maximum Gasteiger partial charge on any atom is 0.306 e. The molecular formula is C25H42O7. The average molecular weight is 455 g/mol. The highest BCUT2D eigenvalue weighted by atomic mass is 16.5. The molecule has 7 atom stereocenters. The second-order valence-corrected chi connectivity index (χ2v) is 9.07. The van der Waals surface area contributed by atoms with E-state index >= 15 is 0 Å². The van der Waals surface area contributed by atoms with Crippen molar-refractivity contribution >= 4 is 11.9 Å². The molecule has 184 valence electrons. The Morgan fingerprint density at radius 2 is 1.81 bits per heavy atom. The zero-order valence-corrected chi connectivity index (χ0v) is 20.2. The van der Waals surface area contributed by atoms with Gasteiger partial charge in [-0.2, -0.15) is 0 Å². The minimum Gasteiger partial charge on any atom is -0.481 e. The van der Waals surface area contributed by atoms with Gasteiger partial charge in [0.05, 0.1) is 30.7 Å². The van der Waals surface area contributed by atoms with Gasteiger partial charge in [-0.3, -0.25) is 9.59 Å². The number of hydrogen-bond acceptors (Lipinski definition) is 5. The summed E-state index contributed by atoms with van der Waals surface area (Å²) in [4.78, 5) is 20.8. The van der Waals surface area contributed by atoms with Gasteiger partial charge < -0.3 is 24.8 Å². The summed E-state index contributed by atoms with van der Waals surface area (Å²) in [5, 5.41) is 27.0. The molecule has 0 radical (unpaired) electrons. The van der Waals surface area contributed by atoms with Crippen LogP contribution in [0, 0.1) is 23.7 Å². The van der Waals surface area contributed by atoms with E-state index < -0.39 is 11.9 Å². The summed E-state index contributed by atoms with van der Waals surface area (Å²) in [5.74, 6) is -0.169.